The first-order valence-electron chi connectivity index (χ1n) is 9.53. The number of carbonyl (C=O) groups excluding carboxylic acids is 1. The Hall–Kier alpha value is -1.84. The summed E-state index contributed by atoms with van der Waals surface area (Å²) in [6, 6.07) is 18.8. The Morgan fingerprint density at radius 2 is 1.85 bits per heavy atom. The van der Waals surface area contributed by atoms with Crippen LogP contribution in [0.3, 0.4) is 0 Å². The van der Waals surface area contributed by atoms with Gasteiger partial charge in [-0.25, -0.2) is 0 Å². The molecule has 0 aromatic heterocycles. The van der Waals surface area contributed by atoms with E-state index in [1.165, 1.54) is 5.56 Å². The Morgan fingerprint density at radius 1 is 1.08 bits per heavy atom. The van der Waals surface area contributed by atoms with Gasteiger partial charge in [0.15, 0.2) is 0 Å². The molecule has 2 aromatic rings. The van der Waals surface area contributed by atoms with E-state index in [-0.39, 0.29) is 11.8 Å². The van der Waals surface area contributed by atoms with Crippen LogP contribution in [-0.2, 0) is 11.2 Å². The van der Waals surface area contributed by atoms with Gasteiger partial charge in [0.1, 0.15) is 0 Å². The van der Waals surface area contributed by atoms with E-state index in [1.54, 1.807) is 0 Å². The third-order valence-electron chi connectivity index (χ3n) is 5.81. The number of halogens is 1. The maximum Gasteiger partial charge on any atom is 0.227 e. The normalized spacial score (nSPS) is 25.6. The summed E-state index contributed by atoms with van der Waals surface area (Å²) < 4.78 is 0. The Labute approximate surface area is 160 Å². The molecule has 0 aliphatic carbocycles. The fourth-order valence-electron chi connectivity index (χ4n) is 4.48. The van der Waals surface area contributed by atoms with Gasteiger partial charge < -0.3 is 10.2 Å². The van der Waals surface area contributed by atoms with E-state index < -0.39 is 0 Å². The summed E-state index contributed by atoms with van der Waals surface area (Å²) in [5.41, 5.74) is 2.40. The molecular weight excluding hydrogens is 344 g/mol. The lowest BCUT2D eigenvalue weighted by Crippen LogP contribution is -2.42. The lowest BCUT2D eigenvalue weighted by atomic mass is 9.87. The van der Waals surface area contributed by atoms with Gasteiger partial charge in [-0.05, 0) is 36.5 Å². The lowest BCUT2D eigenvalue weighted by Gasteiger charge is -2.30. The van der Waals surface area contributed by atoms with Crippen molar-refractivity contribution in [3.8, 4) is 0 Å². The van der Waals surface area contributed by atoms with E-state index in [9.17, 15) is 4.79 Å². The molecule has 3 atom stereocenters. The predicted molar refractivity (Wildman–Crippen MR) is 105 cm³/mol. The second-order valence-corrected chi connectivity index (χ2v) is 7.82. The number of benzene rings is 2. The largest absolute Gasteiger partial charge is 0.339 e. The minimum atomic E-state index is -0.0220. The van der Waals surface area contributed by atoms with Crippen LogP contribution >= 0.6 is 11.6 Å². The quantitative estimate of drug-likeness (QED) is 0.888. The van der Waals surface area contributed by atoms with Gasteiger partial charge in [-0.1, -0.05) is 60.1 Å². The Morgan fingerprint density at radius 3 is 2.65 bits per heavy atom. The number of nitrogens with one attached hydrogen (secondary N) is 1. The monoisotopic (exact) mass is 368 g/mol. The van der Waals surface area contributed by atoms with Crippen molar-refractivity contribution in [1.82, 2.24) is 10.2 Å². The Bertz CT molecular complexity index is 764. The van der Waals surface area contributed by atoms with E-state index >= 15 is 0 Å². The maximum atomic E-state index is 13.4. The number of hydrogen-bond donors (Lipinski definition) is 1. The molecule has 1 amide bonds. The number of hydrogen-bond acceptors (Lipinski definition) is 2. The summed E-state index contributed by atoms with van der Waals surface area (Å²) in [4.78, 5) is 15.5. The summed E-state index contributed by atoms with van der Waals surface area (Å²) in [7, 11) is 0. The number of nitrogens with zero attached hydrogens (tertiary/aromatic N) is 1. The fraction of sp³-hybridized carbons (Fsp3) is 0.409. The van der Waals surface area contributed by atoms with E-state index in [2.05, 4.69) is 40.5 Å². The molecule has 0 unspecified atom stereocenters. The van der Waals surface area contributed by atoms with Crippen molar-refractivity contribution in [2.75, 3.05) is 19.6 Å². The lowest BCUT2D eigenvalue weighted by molar-refractivity contribution is -0.136. The van der Waals surface area contributed by atoms with Gasteiger partial charge in [0, 0.05) is 36.6 Å². The molecule has 2 heterocycles. The summed E-state index contributed by atoms with van der Waals surface area (Å²) in [6.45, 7) is 2.43. The van der Waals surface area contributed by atoms with Crippen LogP contribution in [-0.4, -0.2) is 36.5 Å². The van der Waals surface area contributed by atoms with Crippen LogP contribution in [0.25, 0.3) is 0 Å². The molecule has 0 saturated carbocycles. The number of likely N-dealkylation sites (tertiary alicyclic amines) is 1. The smallest absolute Gasteiger partial charge is 0.227 e. The average Bonchev–Trinajstić information content (AvgIpc) is 3.32. The average molecular weight is 369 g/mol. The molecule has 136 valence electrons. The summed E-state index contributed by atoms with van der Waals surface area (Å²) in [5.74, 6) is 0.429. The number of rotatable bonds is 4. The molecular formula is C22H25ClN2O. The van der Waals surface area contributed by atoms with Crippen LogP contribution in [0.1, 0.15) is 29.9 Å². The third-order valence-corrected chi connectivity index (χ3v) is 6.15. The first kappa shape index (κ1) is 17.6. The molecule has 0 bridgehead atoms. The van der Waals surface area contributed by atoms with Gasteiger partial charge in [0.2, 0.25) is 5.91 Å². The molecule has 2 aliphatic heterocycles. The van der Waals surface area contributed by atoms with Gasteiger partial charge in [-0.3, -0.25) is 4.79 Å². The molecule has 3 nitrogen and oxygen atoms in total. The highest BCUT2D eigenvalue weighted by atomic mass is 35.5. The summed E-state index contributed by atoms with van der Waals surface area (Å²) >= 11 is 6.42. The highest BCUT2D eigenvalue weighted by Crippen LogP contribution is 2.35. The van der Waals surface area contributed by atoms with Crippen molar-refractivity contribution < 1.29 is 4.79 Å². The Kier molecular flexibility index (Phi) is 5.28. The molecule has 2 saturated heterocycles. The highest BCUT2D eigenvalue weighted by molar-refractivity contribution is 6.31. The Balaban J connectivity index is 1.51. The molecule has 4 heteroatoms. The molecule has 0 radical (unpaired) electrons. The molecule has 1 N–H and O–H groups in total. The standard InChI is InChI=1S/C22H25ClN2O/c23-21-11-5-4-10-18(21)19-14-24-15-20(19)22(26)25-12-6-9-17(25)13-16-7-2-1-3-8-16/h1-5,7-8,10-11,17,19-20,24H,6,9,12-15H2/t17-,19-,20+/m0/s1. The minimum Gasteiger partial charge on any atom is -0.339 e. The van der Waals surface area contributed by atoms with Crippen molar-refractivity contribution in [3.63, 3.8) is 0 Å². The first-order valence-corrected chi connectivity index (χ1v) is 9.91. The summed E-state index contributed by atoms with van der Waals surface area (Å²) in [5, 5.41) is 4.18. The van der Waals surface area contributed by atoms with Crippen molar-refractivity contribution in [3.05, 3.63) is 70.7 Å². The molecule has 2 aliphatic rings. The molecule has 2 fully saturated rings. The van der Waals surface area contributed by atoms with Crippen LogP contribution in [0.5, 0.6) is 0 Å². The van der Waals surface area contributed by atoms with E-state index in [0.29, 0.717) is 11.9 Å². The van der Waals surface area contributed by atoms with Crippen molar-refractivity contribution in [2.45, 2.75) is 31.2 Å². The molecule has 26 heavy (non-hydrogen) atoms. The second-order valence-electron chi connectivity index (χ2n) is 7.41. The van der Waals surface area contributed by atoms with Crippen LogP contribution in [0, 0.1) is 5.92 Å². The molecule has 0 spiro atoms. The van der Waals surface area contributed by atoms with Crippen molar-refractivity contribution in [2.24, 2.45) is 5.92 Å². The zero-order valence-electron chi connectivity index (χ0n) is 14.9. The third kappa shape index (κ3) is 3.51. The molecule has 4 rings (SSSR count). The number of carbonyl (C=O) groups is 1. The van der Waals surface area contributed by atoms with Crippen molar-refractivity contribution in [1.29, 1.82) is 0 Å². The first-order chi connectivity index (χ1) is 12.7. The van der Waals surface area contributed by atoms with Gasteiger partial charge in [-0.15, -0.1) is 0 Å². The van der Waals surface area contributed by atoms with Crippen LogP contribution in [0.2, 0.25) is 5.02 Å². The van der Waals surface area contributed by atoms with Gasteiger partial charge in [-0.2, -0.15) is 0 Å². The summed E-state index contributed by atoms with van der Waals surface area (Å²) in [6.07, 6.45) is 3.14. The van der Waals surface area contributed by atoms with Crippen LogP contribution in [0.15, 0.2) is 54.6 Å². The molecule has 2 aromatic carbocycles. The predicted octanol–water partition coefficient (Wildman–Crippen LogP) is 3.88. The van der Waals surface area contributed by atoms with Gasteiger partial charge >= 0.3 is 0 Å². The van der Waals surface area contributed by atoms with E-state index in [1.807, 2.05) is 24.3 Å². The fourth-order valence-corrected chi connectivity index (χ4v) is 4.75. The van der Waals surface area contributed by atoms with E-state index in [4.69, 9.17) is 11.6 Å². The van der Waals surface area contributed by atoms with Crippen LogP contribution in [0.4, 0.5) is 0 Å². The van der Waals surface area contributed by atoms with Crippen molar-refractivity contribution >= 4 is 17.5 Å². The van der Waals surface area contributed by atoms with E-state index in [0.717, 1.165) is 49.5 Å². The highest BCUT2D eigenvalue weighted by Gasteiger charge is 2.40. The minimum absolute atomic E-state index is 0.0220. The van der Waals surface area contributed by atoms with Gasteiger partial charge in [0.25, 0.3) is 0 Å². The topological polar surface area (TPSA) is 32.3 Å². The SMILES string of the molecule is O=C([C@@H]1CNC[C@H]1c1ccccc1Cl)N1CCC[C@H]1Cc1ccccc1. The zero-order valence-corrected chi connectivity index (χ0v) is 15.7. The second kappa shape index (κ2) is 7.81. The maximum absolute atomic E-state index is 13.4. The van der Waals surface area contributed by atoms with Crippen LogP contribution < -0.4 is 5.32 Å². The van der Waals surface area contributed by atoms with Gasteiger partial charge in [0.05, 0.1) is 5.92 Å². The number of amides is 1. The zero-order chi connectivity index (χ0) is 17.9.